The SMILES string of the molecule is COc1ccc(OC)c(C2=C3C(=O)N(c4cc(C)cc(C)c4)C(=O)[C@H]3ON2)c1. The molecule has 2 aliphatic heterocycles. The van der Waals surface area contributed by atoms with Crippen molar-refractivity contribution in [2.45, 2.75) is 20.0 Å². The molecule has 0 saturated carbocycles. The maximum atomic E-state index is 13.2. The Kier molecular flexibility index (Phi) is 4.31. The molecule has 1 atom stereocenters. The summed E-state index contributed by atoms with van der Waals surface area (Å²) in [7, 11) is 3.09. The van der Waals surface area contributed by atoms with Crippen LogP contribution in [-0.4, -0.2) is 32.1 Å². The van der Waals surface area contributed by atoms with Gasteiger partial charge in [0.2, 0.25) is 0 Å². The van der Waals surface area contributed by atoms with Crippen molar-refractivity contribution < 1.29 is 23.9 Å². The summed E-state index contributed by atoms with van der Waals surface area (Å²) in [5.41, 5.74) is 6.46. The zero-order valence-corrected chi connectivity index (χ0v) is 16.0. The third-order valence-corrected chi connectivity index (χ3v) is 4.83. The van der Waals surface area contributed by atoms with Crippen molar-refractivity contribution in [1.82, 2.24) is 5.48 Å². The summed E-state index contributed by atoms with van der Waals surface area (Å²) < 4.78 is 10.7. The van der Waals surface area contributed by atoms with E-state index in [-0.39, 0.29) is 5.57 Å². The van der Waals surface area contributed by atoms with E-state index in [9.17, 15) is 9.59 Å². The van der Waals surface area contributed by atoms with Crippen molar-refractivity contribution in [3.8, 4) is 11.5 Å². The topological polar surface area (TPSA) is 77.1 Å². The third-order valence-electron chi connectivity index (χ3n) is 4.83. The lowest BCUT2D eigenvalue weighted by molar-refractivity contribution is -0.127. The van der Waals surface area contributed by atoms with Crippen molar-refractivity contribution in [2.75, 3.05) is 19.1 Å². The maximum absolute atomic E-state index is 13.2. The fourth-order valence-corrected chi connectivity index (χ4v) is 3.63. The number of imide groups is 1. The van der Waals surface area contributed by atoms with Gasteiger partial charge in [0.15, 0.2) is 6.10 Å². The number of hydrogen-bond donors (Lipinski definition) is 1. The molecule has 1 N–H and O–H groups in total. The summed E-state index contributed by atoms with van der Waals surface area (Å²) in [5.74, 6) is 0.293. The van der Waals surface area contributed by atoms with Crippen molar-refractivity contribution >= 4 is 23.2 Å². The normalized spacial score (nSPS) is 18.4. The lowest BCUT2D eigenvalue weighted by atomic mass is 10.0. The van der Waals surface area contributed by atoms with E-state index in [2.05, 4.69) is 5.48 Å². The molecule has 7 nitrogen and oxygen atoms in total. The largest absolute Gasteiger partial charge is 0.497 e. The van der Waals surface area contributed by atoms with E-state index in [0.717, 1.165) is 11.1 Å². The summed E-state index contributed by atoms with van der Waals surface area (Å²) >= 11 is 0. The first-order valence-electron chi connectivity index (χ1n) is 8.79. The van der Waals surface area contributed by atoms with Gasteiger partial charge in [-0.1, -0.05) is 6.07 Å². The molecule has 7 heteroatoms. The van der Waals surface area contributed by atoms with E-state index in [1.54, 1.807) is 25.3 Å². The first-order chi connectivity index (χ1) is 13.4. The Morgan fingerprint density at radius 3 is 2.36 bits per heavy atom. The molecule has 0 radical (unpaired) electrons. The average molecular weight is 380 g/mol. The molecule has 0 bridgehead atoms. The van der Waals surface area contributed by atoms with Gasteiger partial charge in [-0.25, -0.2) is 4.90 Å². The van der Waals surface area contributed by atoms with Gasteiger partial charge in [0, 0.05) is 5.56 Å². The highest BCUT2D eigenvalue weighted by molar-refractivity contribution is 6.33. The monoisotopic (exact) mass is 380 g/mol. The highest BCUT2D eigenvalue weighted by atomic mass is 16.7. The molecule has 0 spiro atoms. The number of amides is 2. The van der Waals surface area contributed by atoms with Crippen LogP contribution >= 0.6 is 0 Å². The average Bonchev–Trinajstić information content (AvgIpc) is 3.20. The van der Waals surface area contributed by atoms with E-state index < -0.39 is 17.9 Å². The summed E-state index contributed by atoms with van der Waals surface area (Å²) in [5, 5.41) is 0. The molecule has 4 rings (SSSR count). The zero-order valence-electron chi connectivity index (χ0n) is 16.0. The van der Waals surface area contributed by atoms with Crippen LogP contribution in [0.3, 0.4) is 0 Å². The van der Waals surface area contributed by atoms with Crippen LogP contribution in [0.25, 0.3) is 5.70 Å². The van der Waals surface area contributed by atoms with Crippen molar-refractivity contribution in [2.24, 2.45) is 0 Å². The van der Waals surface area contributed by atoms with E-state index in [1.165, 1.54) is 12.0 Å². The van der Waals surface area contributed by atoms with Gasteiger partial charge in [0.05, 0.1) is 31.2 Å². The first-order valence-corrected chi connectivity index (χ1v) is 8.79. The second kappa shape index (κ2) is 6.69. The van der Waals surface area contributed by atoms with E-state index >= 15 is 0 Å². The molecule has 2 amide bonds. The number of carbonyl (C=O) groups excluding carboxylic acids is 2. The van der Waals surface area contributed by atoms with Gasteiger partial charge in [-0.05, 0) is 55.3 Å². The van der Waals surface area contributed by atoms with Crippen LogP contribution in [0.2, 0.25) is 0 Å². The van der Waals surface area contributed by atoms with Crippen LogP contribution in [-0.2, 0) is 14.4 Å². The highest BCUT2D eigenvalue weighted by Crippen LogP contribution is 2.39. The van der Waals surface area contributed by atoms with Gasteiger partial charge < -0.3 is 9.47 Å². The zero-order chi connectivity index (χ0) is 20.0. The molecule has 2 heterocycles. The number of hydroxylamine groups is 1. The second-order valence-electron chi connectivity index (χ2n) is 6.78. The standard InChI is InChI=1S/C21H20N2O5/c1-11-7-12(2)9-13(8-11)23-20(24)17-18(22-28-19(17)21(23)25)15-10-14(26-3)5-6-16(15)27-4/h5-10,19,22H,1-4H3/t19-/m0/s1. The number of nitrogens with one attached hydrogen (secondary N) is 1. The Balaban J connectivity index is 1.84. The number of ether oxygens (including phenoxy) is 2. The quantitative estimate of drug-likeness (QED) is 0.822. The van der Waals surface area contributed by atoms with Crippen molar-refractivity contribution in [1.29, 1.82) is 0 Å². The molecule has 28 heavy (non-hydrogen) atoms. The van der Waals surface area contributed by atoms with Gasteiger partial charge in [0.25, 0.3) is 11.8 Å². The van der Waals surface area contributed by atoms with Gasteiger partial charge in [-0.3, -0.25) is 19.9 Å². The molecule has 2 aliphatic rings. The molecule has 1 saturated heterocycles. The fraction of sp³-hybridized carbons (Fsp3) is 0.238. The minimum absolute atomic E-state index is 0.260. The van der Waals surface area contributed by atoms with Crippen molar-refractivity contribution in [3.05, 3.63) is 58.7 Å². The fourth-order valence-electron chi connectivity index (χ4n) is 3.63. The third kappa shape index (κ3) is 2.71. The number of methoxy groups -OCH3 is 2. The molecule has 1 fully saturated rings. The minimum atomic E-state index is -1.00. The van der Waals surface area contributed by atoms with Crippen LogP contribution in [0.15, 0.2) is 42.0 Å². The van der Waals surface area contributed by atoms with Crippen LogP contribution in [0.4, 0.5) is 5.69 Å². The number of carbonyl (C=O) groups is 2. The highest BCUT2D eigenvalue weighted by Gasteiger charge is 2.51. The first kappa shape index (κ1) is 18.1. The van der Waals surface area contributed by atoms with Crippen LogP contribution in [0.1, 0.15) is 16.7 Å². The van der Waals surface area contributed by atoms with E-state index in [4.69, 9.17) is 14.3 Å². The molecule has 0 unspecified atom stereocenters. The van der Waals surface area contributed by atoms with Crippen LogP contribution < -0.4 is 19.9 Å². The lowest BCUT2D eigenvalue weighted by Crippen LogP contribution is -2.34. The van der Waals surface area contributed by atoms with E-state index in [1.807, 2.05) is 32.0 Å². The Hall–Kier alpha value is -3.32. The number of anilines is 1. The van der Waals surface area contributed by atoms with Gasteiger partial charge >= 0.3 is 0 Å². The summed E-state index contributed by atoms with van der Waals surface area (Å²) in [6.07, 6.45) is -1.00. The molecule has 0 aromatic heterocycles. The molecule has 0 aliphatic carbocycles. The van der Waals surface area contributed by atoms with Crippen LogP contribution in [0, 0.1) is 13.8 Å². The van der Waals surface area contributed by atoms with Gasteiger partial charge in [-0.2, -0.15) is 0 Å². The Morgan fingerprint density at radius 2 is 1.71 bits per heavy atom. The molecule has 144 valence electrons. The number of rotatable bonds is 4. The van der Waals surface area contributed by atoms with Crippen LogP contribution in [0.5, 0.6) is 11.5 Å². The summed E-state index contributed by atoms with van der Waals surface area (Å²) in [6.45, 7) is 3.85. The number of hydrogen-bond acceptors (Lipinski definition) is 6. The molecular formula is C21H20N2O5. The van der Waals surface area contributed by atoms with Gasteiger partial charge in [-0.15, -0.1) is 0 Å². The smallest absolute Gasteiger partial charge is 0.270 e. The number of aryl methyl sites for hydroxylation is 2. The predicted molar refractivity (Wildman–Crippen MR) is 103 cm³/mol. The van der Waals surface area contributed by atoms with Gasteiger partial charge in [0.1, 0.15) is 11.5 Å². The van der Waals surface area contributed by atoms with Crippen molar-refractivity contribution in [3.63, 3.8) is 0 Å². The molecule has 2 aromatic rings. The Labute approximate surface area is 162 Å². The Bertz CT molecular complexity index is 1010. The lowest BCUT2D eigenvalue weighted by Gasteiger charge is -2.17. The number of benzene rings is 2. The summed E-state index contributed by atoms with van der Waals surface area (Å²) in [6, 6.07) is 10.8. The number of fused-ring (bicyclic) bond motifs is 1. The maximum Gasteiger partial charge on any atom is 0.270 e. The predicted octanol–water partition coefficient (Wildman–Crippen LogP) is 2.51. The second-order valence-corrected chi connectivity index (χ2v) is 6.78. The molecule has 2 aromatic carbocycles. The molecular weight excluding hydrogens is 360 g/mol. The summed E-state index contributed by atoms with van der Waals surface area (Å²) in [4.78, 5) is 32.8. The van der Waals surface area contributed by atoms with E-state index in [0.29, 0.717) is 28.4 Å². The minimum Gasteiger partial charge on any atom is -0.497 e. The number of nitrogens with zero attached hydrogens (tertiary/aromatic N) is 1. The Morgan fingerprint density at radius 1 is 1.00 bits per heavy atom.